The molecule has 120 valence electrons. The standard InChI is InChI=1S/C15H21N3O4/c1-11(2)9-10-16-14(19)7-8-15(20)17-12-5-3-4-6-13(12)18(21)22/h3-6,11H,7-10H2,1-2H3,(H,16,19)(H,17,20). The number of anilines is 1. The summed E-state index contributed by atoms with van der Waals surface area (Å²) in [7, 11) is 0. The first-order chi connectivity index (χ1) is 10.4. The molecule has 0 fully saturated rings. The molecule has 0 unspecified atom stereocenters. The molecular weight excluding hydrogens is 286 g/mol. The van der Waals surface area contributed by atoms with E-state index in [1.165, 1.54) is 18.2 Å². The highest BCUT2D eigenvalue weighted by atomic mass is 16.6. The minimum absolute atomic E-state index is 0.0143. The second-order valence-corrected chi connectivity index (χ2v) is 5.35. The molecule has 22 heavy (non-hydrogen) atoms. The molecule has 0 aliphatic carbocycles. The molecule has 1 aromatic rings. The highest BCUT2D eigenvalue weighted by molar-refractivity contribution is 5.95. The smallest absolute Gasteiger partial charge is 0.292 e. The molecule has 0 radical (unpaired) electrons. The monoisotopic (exact) mass is 307 g/mol. The van der Waals surface area contributed by atoms with Gasteiger partial charge in [0.2, 0.25) is 11.8 Å². The molecule has 0 saturated carbocycles. The van der Waals surface area contributed by atoms with Gasteiger partial charge in [-0.05, 0) is 18.4 Å². The molecule has 0 aromatic heterocycles. The van der Waals surface area contributed by atoms with E-state index in [1.54, 1.807) is 6.07 Å². The number of benzene rings is 1. The third-order valence-corrected chi connectivity index (χ3v) is 3.00. The van der Waals surface area contributed by atoms with Gasteiger partial charge in [0.25, 0.3) is 5.69 Å². The molecule has 2 N–H and O–H groups in total. The summed E-state index contributed by atoms with van der Waals surface area (Å²) in [6, 6.07) is 5.89. The number of nitro groups is 1. The Labute approximate surface area is 129 Å². The number of nitrogens with one attached hydrogen (secondary N) is 2. The predicted octanol–water partition coefficient (Wildman–Crippen LogP) is 2.48. The van der Waals surface area contributed by atoms with Crippen LogP contribution in [0.25, 0.3) is 0 Å². The molecule has 7 heteroatoms. The summed E-state index contributed by atoms with van der Waals surface area (Å²) in [5.41, 5.74) is -0.0325. The first-order valence-electron chi connectivity index (χ1n) is 7.20. The van der Waals surface area contributed by atoms with Crippen LogP contribution in [-0.2, 0) is 9.59 Å². The molecule has 0 atom stereocenters. The zero-order valence-electron chi connectivity index (χ0n) is 12.8. The van der Waals surface area contributed by atoms with E-state index in [0.29, 0.717) is 12.5 Å². The summed E-state index contributed by atoms with van der Waals surface area (Å²) in [5.74, 6) is -0.117. The number of carbonyl (C=O) groups is 2. The van der Waals surface area contributed by atoms with Gasteiger partial charge in [-0.1, -0.05) is 26.0 Å². The van der Waals surface area contributed by atoms with Crippen molar-refractivity contribution < 1.29 is 14.5 Å². The molecule has 0 heterocycles. The van der Waals surface area contributed by atoms with Gasteiger partial charge in [-0.15, -0.1) is 0 Å². The number of amides is 2. The van der Waals surface area contributed by atoms with Crippen molar-refractivity contribution in [1.82, 2.24) is 5.32 Å². The summed E-state index contributed by atoms with van der Waals surface area (Å²) < 4.78 is 0. The Hall–Kier alpha value is -2.44. The van der Waals surface area contributed by atoms with Gasteiger partial charge in [0.15, 0.2) is 0 Å². The quantitative estimate of drug-likeness (QED) is 0.569. The van der Waals surface area contributed by atoms with Gasteiger partial charge in [-0.2, -0.15) is 0 Å². The van der Waals surface area contributed by atoms with E-state index in [-0.39, 0.29) is 30.1 Å². The summed E-state index contributed by atoms with van der Waals surface area (Å²) in [4.78, 5) is 33.6. The normalized spacial score (nSPS) is 10.3. The van der Waals surface area contributed by atoms with Gasteiger partial charge in [0.05, 0.1) is 4.92 Å². The maximum atomic E-state index is 11.8. The fraction of sp³-hybridized carbons (Fsp3) is 0.467. The van der Waals surface area contributed by atoms with Gasteiger partial charge in [-0.25, -0.2) is 0 Å². The Bertz CT molecular complexity index is 543. The van der Waals surface area contributed by atoms with Gasteiger partial charge in [-0.3, -0.25) is 19.7 Å². The minimum Gasteiger partial charge on any atom is -0.356 e. The zero-order chi connectivity index (χ0) is 16.5. The number of para-hydroxylation sites is 2. The van der Waals surface area contributed by atoms with Crippen LogP contribution in [0.4, 0.5) is 11.4 Å². The number of carbonyl (C=O) groups excluding carboxylic acids is 2. The van der Waals surface area contributed by atoms with E-state index < -0.39 is 10.8 Å². The lowest BCUT2D eigenvalue weighted by Crippen LogP contribution is -2.26. The third-order valence-electron chi connectivity index (χ3n) is 3.00. The van der Waals surface area contributed by atoms with E-state index in [0.717, 1.165) is 6.42 Å². The van der Waals surface area contributed by atoms with Crippen molar-refractivity contribution in [3.63, 3.8) is 0 Å². The molecule has 0 bridgehead atoms. The topological polar surface area (TPSA) is 101 Å². The number of nitrogens with zero attached hydrogens (tertiary/aromatic N) is 1. The summed E-state index contributed by atoms with van der Waals surface area (Å²) in [6.07, 6.45) is 0.929. The lowest BCUT2D eigenvalue weighted by Gasteiger charge is -2.08. The van der Waals surface area contributed by atoms with Crippen molar-refractivity contribution in [2.24, 2.45) is 5.92 Å². The molecular formula is C15H21N3O4. The van der Waals surface area contributed by atoms with E-state index >= 15 is 0 Å². The fourth-order valence-corrected chi connectivity index (χ4v) is 1.77. The molecule has 1 rings (SSSR count). The van der Waals surface area contributed by atoms with Crippen molar-refractivity contribution >= 4 is 23.2 Å². The van der Waals surface area contributed by atoms with E-state index in [9.17, 15) is 19.7 Å². The SMILES string of the molecule is CC(C)CCNC(=O)CCC(=O)Nc1ccccc1[N+](=O)[O-]. The number of hydrogen-bond acceptors (Lipinski definition) is 4. The van der Waals surface area contributed by atoms with Crippen molar-refractivity contribution in [3.8, 4) is 0 Å². The lowest BCUT2D eigenvalue weighted by atomic mass is 10.1. The molecule has 0 spiro atoms. The first-order valence-corrected chi connectivity index (χ1v) is 7.20. The Morgan fingerprint density at radius 2 is 1.82 bits per heavy atom. The van der Waals surface area contributed by atoms with Crippen molar-refractivity contribution in [2.75, 3.05) is 11.9 Å². The van der Waals surface area contributed by atoms with Crippen LogP contribution in [0, 0.1) is 16.0 Å². The van der Waals surface area contributed by atoms with Gasteiger partial charge in [0.1, 0.15) is 5.69 Å². The van der Waals surface area contributed by atoms with Crippen molar-refractivity contribution in [2.45, 2.75) is 33.1 Å². The highest BCUT2D eigenvalue weighted by Crippen LogP contribution is 2.23. The van der Waals surface area contributed by atoms with Crippen LogP contribution in [0.5, 0.6) is 0 Å². The maximum absolute atomic E-state index is 11.8. The summed E-state index contributed by atoms with van der Waals surface area (Å²) in [5, 5.41) is 16.0. The Balaban J connectivity index is 2.41. The molecule has 1 aromatic carbocycles. The number of hydrogen-bond donors (Lipinski definition) is 2. The highest BCUT2D eigenvalue weighted by Gasteiger charge is 2.15. The zero-order valence-corrected chi connectivity index (χ0v) is 12.8. The van der Waals surface area contributed by atoms with E-state index in [2.05, 4.69) is 24.5 Å². The molecule has 0 aliphatic heterocycles. The lowest BCUT2D eigenvalue weighted by molar-refractivity contribution is -0.383. The first kappa shape index (κ1) is 17.6. The number of rotatable bonds is 8. The average molecular weight is 307 g/mol. The van der Waals surface area contributed by atoms with Crippen molar-refractivity contribution in [1.29, 1.82) is 0 Å². The molecule has 0 aliphatic rings. The van der Waals surface area contributed by atoms with Crippen LogP contribution in [0.3, 0.4) is 0 Å². The second-order valence-electron chi connectivity index (χ2n) is 5.35. The van der Waals surface area contributed by atoms with Crippen LogP contribution < -0.4 is 10.6 Å². The minimum atomic E-state index is -0.561. The van der Waals surface area contributed by atoms with Gasteiger partial charge in [0, 0.05) is 25.5 Å². The third kappa shape index (κ3) is 6.34. The maximum Gasteiger partial charge on any atom is 0.292 e. The Kier molecular flexibility index (Phi) is 7.01. The average Bonchev–Trinajstić information content (AvgIpc) is 2.45. The van der Waals surface area contributed by atoms with Crippen LogP contribution >= 0.6 is 0 Å². The molecule has 2 amide bonds. The summed E-state index contributed by atoms with van der Waals surface area (Å²) in [6.45, 7) is 4.71. The van der Waals surface area contributed by atoms with E-state index in [4.69, 9.17) is 0 Å². The predicted molar refractivity (Wildman–Crippen MR) is 83.4 cm³/mol. The van der Waals surface area contributed by atoms with Crippen LogP contribution in [0.2, 0.25) is 0 Å². The summed E-state index contributed by atoms with van der Waals surface area (Å²) >= 11 is 0. The molecule has 7 nitrogen and oxygen atoms in total. The van der Waals surface area contributed by atoms with Gasteiger partial charge >= 0.3 is 0 Å². The van der Waals surface area contributed by atoms with Crippen LogP contribution in [-0.4, -0.2) is 23.3 Å². The Morgan fingerprint density at radius 1 is 1.18 bits per heavy atom. The Morgan fingerprint density at radius 3 is 2.45 bits per heavy atom. The fourth-order valence-electron chi connectivity index (χ4n) is 1.77. The van der Waals surface area contributed by atoms with Crippen molar-refractivity contribution in [3.05, 3.63) is 34.4 Å². The van der Waals surface area contributed by atoms with Crippen LogP contribution in [0.1, 0.15) is 33.1 Å². The largest absolute Gasteiger partial charge is 0.356 e. The van der Waals surface area contributed by atoms with Gasteiger partial charge < -0.3 is 10.6 Å². The van der Waals surface area contributed by atoms with E-state index in [1.807, 2.05) is 0 Å². The number of nitro benzene ring substituents is 1. The second kappa shape index (κ2) is 8.76. The van der Waals surface area contributed by atoms with Crippen LogP contribution in [0.15, 0.2) is 24.3 Å². The molecule has 0 saturated heterocycles.